The van der Waals surface area contributed by atoms with Crippen molar-refractivity contribution in [3.8, 4) is 45.3 Å². The molecule has 0 N–H and O–H groups in total. The average Bonchev–Trinajstić information content (AvgIpc) is 3.18. The van der Waals surface area contributed by atoms with Crippen LogP contribution in [0, 0.1) is 30.2 Å². The van der Waals surface area contributed by atoms with Crippen molar-refractivity contribution >= 4 is 15.5 Å². The average molecular weight is 683 g/mol. The Morgan fingerprint density at radius 2 is 1.08 bits per heavy atom. The maximum Gasteiger partial charge on any atom is 0.207 e. The highest BCUT2D eigenvalue weighted by atomic mass is 32.2. The molecule has 5 aromatic carbocycles. The fourth-order valence-electron chi connectivity index (χ4n) is 10.3. The lowest BCUT2D eigenvalue weighted by Crippen LogP contribution is -2.57. The SMILES string of the molecule is [C-]#[N+]c1ccc(-c2cccc(-c3nc(-c4ccccc4)nc(-c4ccc5c(c4)C4(c6ccccc6S5(=O)=O)C5CC6CC(C5)CC4C6)n3)c2)cc1. The first-order chi connectivity index (χ1) is 24.9. The smallest absolute Gasteiger partial charge is 0.207 e. The zero-order valence-corrected chi connectivity index (χ0v) is 28.7. The Bertz CT molecular complexity index is 2490. The lowest BCUT2D eigenvalue weighted by atomic mass is 9.42. The largest absolute Gasteiger partial charge is 0.238 e. The van der Waals surface area contributed by atoms with Crippen LogP contribution >= 0.6 is 0 Å². The predicted octanol–water partition coefficient (Wildman–Crippen LogP) is 9.98. The molecule has 11 rings (SSSR count). The van der Waals surface area contributed by atoms with E-state index in [9.17, 15) is 8.42 Å². The molecule has 1 spiro atoms. The number of fused-ring (bicyclic) bond motifs is 2. The van der Waals surface area contributed by atoms with Crippen molar-refractivity contribution in [3.05, 3.63) is 144 Å². The number of hydrogen-bond acceptors (Lipinski definition) is 5. The Kier molecular flexibility index (Phi) is 6.72. The van der Waals surface area contributed by atoms with Crippen molar-refractivity contribution in [2.45, 2.75) is 47.3 Å². The van der Waals surface area contributed by atoms with Crippen LogP contribution in [0.1, 0.15) is 43.2 Å². The lowest BCUT2D eigenvalue weighted by molar-refractivity contribution is -0.0446. The summed E-state index contributed by atoms with van der Waals surface area (Å²) in [6.45, 7) is 7.32. The molecule has 0 radical (unpaired) electrons. The third-order valence-electron chi connectivity index (χ3n) is 12.1. The van der Waals surface area contributed by atoms with Gasteiger partial charge in [0.05, 0.1) is 16.4 Å². The summed E-state index contributed by atoms with van der Waals surface area (Å²) in [4.78, 5) is 19.6. The predicted molar refractivity (Wildman–Crippen MR) is 198 cm³/mol. The van der Waals surface area contributed by atoms with Gasteiger partial charge in [0.1, 0.15) is 0 Å². The summed E-state index contributed by atoms with van der Waals surface area (Å²) in [7, 11) is -3.72. The Hall–Kier alpha value is -5.45. The zero-order chi connectivity index (χ0) is 34.3. The standard InChI is InChI=1S/C44H34N4O2S/c1-45-36-17-14-29(15-18-36)31-10-7-11-32(25-31)42-46-41(30-8-3-2-4-9-30)47-43(48-42)33-16-19-40-38(26-33)44(37-12-5-6-13-39(37)51(40,49)50)34-21-27-20-28(23-34)24-35(44)22-27/h2-19,25-28,34-35H,20-24H2. The van der Waals surface area contributed by atoms with Gasteiger partial charge in [-0.3, -0.25) is 0 Å². The molecule has 5 aliphatic rings. The number of nitrogens with zero attached hydrogens (tertiary/aromatic N) is 4. The zero-order valence-electron chi connectivity index (χ0n) is 27.9. The maximum absolute atomic E-state index is 14.4. The quantitative estimate of drug-likeness (QED) is 0.173. The van der Waals surface area contributed by atoms with Crippen molar-refractivity contribution < 1.29 is 8.42 Å². The molecule has 6 nitrogen and oxygen atoms in total. The molecular weight excluding hydrogens is 649 g/mol. The van der Waals surface area contributed by atoms with E-state index in [1.54, 1.807) is 0 Å². The minimum absolute atomic E-state index is 0.351. The van der Waals surface area contributed by atoms with Crippen molar-refractivity contribution in [1.29, 1.82) is 0 Å². The van der Waals surface area contributed by atoms with Crippen molar-refractivity contribution in [3.63, 3.8) is 0 Å². The molecule has 51 heavy (non-hydrogen) atoms. The number of sulfone groups is 1. The first kappa shape index (κ1) is 30.4. The van der Waals surface area contributed by atoms with E-state index in [2.05, 4.69) is 23.0 Å². The van der Waals surface area contributed by atoms with E-state index < -0.39 is 9.84 Å². The molecule has 0 saturated heterocycles. The van der Waals surface area contributed by atoms with Gasteiger partial charge in [0.2, 0.25) is 9.84 Å². The molecule has 248 valence electrons. The fraction of sp³-hybridized carbons (Fsp3) is 0.227. The Labute approximate surface area is 298 Å². The monoisotopic (exact) mass is 682 g/mol. The highest BCUT2D eigenvalue weighted by Crippen LogP contribution is 2.68. The van der Waals surface area contributed by atoms with Gasteiger partial charge in [-0.2, -0.15) is 0 Å². The van der Waals surface area contributed by atoms with Crippen LogP contribution in [-0.4, -0.2) is 23.4 Å². The van der Waals surface area contributed by atoms with Crippen LogP contribution in [-0.2, 0) is 15.3 Å². The van der Waals surface area contributed by atoms with Gasteiger partial charge in [-0.25, -0.2) is 28.2 Å². The van der Waals surface area contributed by atoms with Gasteiger partial charge in [-0.05, 0) is 108 Å². The van der Waals surface area contributed by atoms with Gasteiger partial charge in [-0.15, -0.1) is 0 Å². The Morgan fingerprint density at radius 3 is 1.76 bits per heavy atom. The molecule has 1 aromatic heterocycles. The molecule has 1 aliphatic heterocycles. The van der Waals surface area contributed by atoms with Crippen molar-refractivity contribution in [1.82, 2.24) is 15.0 Å². The first-order valence-corrected chi connectivity index (χ1v) is 19.3. The summed E-state index contributed by atoms with van der Waals surface area (Å²) in [5.41, 5.74) is 6.68. The van der Waals surface area contributed by atoms with Crippen LogP contribution < -0.4 is 0 Å². The molecule has 2 heterocycles. The van der Waals surface area contributed by atoms with E-state index in [0.717, 1.165) is 76.5 Å². The topological polar surface area (TPSA) is 77.2 Å². The van der Waals surface area contributed by atoms with Gasteiger partial charge in [0.15, 0.2) is 23.2 Å². The number of rotatable bonds is 4. The number of hydrogen-bond donors (Lipinski definition) is 0. The van der Waals surface area contributed by atoms with E-state index in [1.807, 2.05) is 103 Å². The van der Waals surface area contributed by atoms with Gasteiger partial charge < -0.3 is 0 Å². The van der Waals surface area contributed by atoms with E-state index in [-0.39, 0.29) is 5.41 Å². The minimum Gasteiger partial charge on any atom is -0.238 e. The second-order valence-corrected chi connectivity index (χ2v) is 16.7. The molecule has 7 heteroatoms. The van der Waals surface area contributed by atoms with E-state index in [4.69, 9.17) is 21.5 Å². The third-order valence-corrected chi connectivity index (χ3v) is 14.0. The second kappa shape index (κ2) is 11.3. The third kappa shape index (κ3) is 4.59. The van der Waals surface area contributed by atoms with Crippen molar-refractivity contribution in [2.24, 2.45) is 23.7 Å². The molecular formula is C44H34N4O2S. The molecule has 4 bridgehead atoms. The fourth-order valence-corrected chi connectivity index (χ4v) is 12.0. The van der Waals surface area contributed by atoms with E-state index >= 15 is 0 Å². The number of aromatic nitrogens is 3. The summed E-state index contributed by atoms with van der Waals surface area (Å²) in [6, 6.07) is 39.3. The van der Waals surface area contributed by atoms with Crippen LogP contribution in [0.3, 0.4) is 0 Å². The minimum atomic E-state index is -3.72. The maximum atomic E-state index is 14.4. The summed E-state index contributed by atoms with van der Waals surface area (Å²) < 4.78 is 28.7. The first-order valence-electron chi connectivity index (χ1n) is 17.8. The van der Waals surface area contributed by atoms with E-state index in [1.165, 1.54) is 6.42 Å². The summed E-state index contributed by atoms with van der Waals surface area (Å²) >= 11 is 0. The van der Waals surface area contributed by atoms with Crippen LogP contribution in [0.2, 0.25) is 0 Å². The normalized spacial score (nSPS) is 24.8. The van der Waals surface area contributed by atoms with Crippen LogP contribution in [0.15, 0.2) is 131 Å². The molecule has 0 atom stereocenters. The highest BCUT2D eigenvalue weighted by molar-refractivity contribution is 7.91. The highest BCUT2D eigenvalue weighted by Gasteiger charge is 2.62. The van der Waals surface area contributed by atoms with Crippen LogP contribution in [0.25, 0.3) is 50.1 Å². The molecule has 6 aromatic rings. The summed E-state index contributed by atoms with van der Waals surface area (Å²) in [5, 5.41) is 0. The van der Waals surface area contributed by atoms with Gasteiger partial charge >= 0.3 is 0 Å². The molecule has 0 unspecified atom stereocenters. The Balaban J connectivity index is 1.17. The van der Waals surface area contributed by atoms with Crippen LogP contribution in [0.5, 0.6) is 0 Å². The molecule has 4 fully saturated rings. The molecule has 0 amide bonds. The lowest BCUT2D eigenvalue weighted by Gasteiger charge is -2.63. The van der Waals surface area contributed by atoms with Crippen molar-refractivity contribution in [2.75, 3.05) is 0 Å². The Morgan fingerprint density at radius 1 is 0.529 bits per heavy atom. The van der Waals surface area contributed by atoms with E-state index in [0.29, 0.717) is 44.8 Å². The molecule has 4 saturated carbocycles. The van der Waals surface area contributed by atoms with Gasteiger partial charge in [0, 0.05) is 22.1 Å². The summed E-state index contributed by atoms with van der Waals surface area (Å²) in [6.07, 6.45) is 5.91. The van der Waals surface area contributed by atoms with Gasteiger partial charge in [0.25, 0.3) is 0 Å². The second-order valence-electron chi connectivity index (χ2n) is 14.8. The van der Waals surface area contributed by atoms with Crippen LogP contribution in [0.4, 0.5) is 5.69 Å². The summed E-state index contributed by atoms with van der Waals surface area (Å²) in [5.74, 6) is 3.89. The van der Waals surface area contributed by atoms with Gasteiger partial charge in [-0.1, -0.05) is 91.0 Å². The molecule has 4 aliphatic carbocycles. The number of benzene rings is 5.